The van der Waals surface area contributed by atoms with Crippen LogP contribution in [0.4, 0.5) is 4.79 Å². The lowest BCUT2D eigenvalue weighted by atomic mass is 9.99. The monoisotopic (exact) mass is 366 g/mol. The predicted molar refractivity (Wildman–Crippen MR) is 101 cm³/mol. The molecule has 6 heteroatoms. The lowest BCUT2D eigenvalue weighted by Crippen LogP contribution is -2.42. The number of hydrogen-bond acceptors (Lipinski definition) is 3. The second-order valence-corrected chi connectivity index (χ2v) is 10.0. The quantitative estimate of drug-likeness (QED) is 0.839. The summed E-state index contributed by atoms with van der Waals surface area (Å²) in [7, 11) is -2.93. The first-order valence-electron chi connectivity index (χ1n) is 9.05. The number of hydrogen-bond donors (Lipinski definition) is 2. The van der Waals surface area contributed by atoms with E-state index in [-0.39, 0.29) is 29.0 Å². The van der Waals surface area contributed by atoms with E-state index in [1.54, 1.807) is 6.92 Å². The van der Waals surface area contributed by atoms with Gasteiger partial charge in [-0.15, -0.1) is 0 Å². The molecule has 1 fully saturated rings. The standard InChI is InChI=1S/C19H30N2O3S/c1-13(2)17-5-7-18(8-6-17)15(4)21-19(22)20-12-16-9-10-25(23,24)14(3)11-16/h5-8,13-16H,9-12H2,1-4H3,(H2,20,21,22)/t14-,15?,16+/m0/s1. The van der Waals surface area contributed by atoms with Crippen LogP contribution in [0.3, 0.4) is 0 Å². The number of carbonyl (C=O) groups is 1. The minimum absolute atomic E-state index is 0.0770. The molecule has 0 aliphatic carbocycles. The van der Waals surface area contributed by atoms with Gasteiger partial charge in [0.05, 0.1) is 17.0 Å². The number of benzene rings is 1. The second kappa shape index (κ2) is 8.21. The van der Waals surface area contributed by atoms with Crippen LogP contribution in [0.2, 0.25) is 0 Å². The average Bonchev–Trinajstić information content (AvgIpc) is 2.56. The first-order valence-corrected chi connectivity index (χ1v) is 10.8. The Hall–Kier alpha value is -1.56. The first kappa shape index (κ1) is 19.8. The third kappa shape index (κ3) is 5.46. The van der Waals surface area contributed by atoms with Gasteiger partial charge in [-0.1, -0.05) is 38.1 Å². The van der Waals surface area contributed by atoms with Crippen molar-refractivity contribution in [3.63, 3.8) is 0 Å². The van der Waals surface area contributed by atoms with Gasteiger partial charge in [0, 0.05) is 6.54 Å². The van der Waals surface area contributed by atoms with Crippen LogP contribution in [0.25, 0.3) is 0 Å². The van der Waals surface area contributed by atoms with Gasteiger partial charge in [0.2, 0.25) is 0 Å². The van der Waals surface area contributed by atoms with Gasteiger partial charge >= 0.3 is 6.03 Å². The molecule has 5 nitrogen and oxygen atoms in total. The molecule has 25 heavy (non-hydrogen) atoms. The number of sulfone groups is 1. The van der Waals surface area contributed by atoms with Crippen LogP contribution < -0.4 is 10.6 Å². The summed E-state index contributed by atoms with van der Waals surface area (Å²) in [6.07, 6.45) is 1.24. The van der Waals surface area contributed by atoms with Crippen molar-refractivity contribution in [1.82, 2.24) is 10.6 Å². The number of urea groups is 1. The molecule has 1 aliphatic heterocycles. The largest absolute Gasteiger partial charge is 0.338 e. The summed E-state index contributed by atoms with van der Waals surface area (Å²) < 4.78 is 23.5. The highest BCUT2D eigenvalue weighted by molar-refractivity contribution is 7.92. The maximum Gasteiger partial charge on any atom is 0.315 e. The van der Waals surface area contributed by atoms with E-state index in [0.717, 1.165) is 5.56 Å². The SMILES string of the molecule is CC(C)c1ccc(C(C)NC(=O)NC[C@@H]2CCS(=O)(=O)[C@@H](C)C2)cc1. The molecule has 0 bridgehead atoms. The van der Waals surface area contributed by atoms with Crippen LogP contribution in [-0.4, -0.2) is 32.0 Å². The fourth-order valence-corrected chi connectivity index (χ4v) is 4.82. The van der Waals surface area contributed by atoms with Crippen LogP contribution in [0.5, 0.6) is 0 Å². The van der Waals surface area contributed by atoms with Gasteiger partial charge in [0.15, 0.2) is 9.84 Å². The molecular formula is C19H30N2O3S. The number of amides is 2. The summed E-state index contributed by atoms with van der Waals surface area (Å²) in [4.78, 5) is 12.1. The second-order valence-electron chi connectivity index (χ2n) is 7.47. The molecule has 1 aliphatic rings. The van der Waals surface area contributed by atoms with Gasteiger partial charge in [-0.25, -0.2) is 13.2 Å². The third-order valence-electron chi connectivity index (χ3n) is 5.09. The molecule has 0 saturated carbocycles. The lowest BCUT2D eigenvalue weighted by Gasteiger charge is -2.27. The predicted octanol–water partition coefficient (Wildman–Crippen LogP) is 3.38. The highest BCUT2D eigenvalue weighted by atomic mass is 32.2. The zero-order valence-corrected chi connectivity index (χ0v) is 16.4. The van der Waals surface area contributed by atoms with Gasteiger partial charge in [-0.05, 0) is 49.7 Å². The Morgan fingerprint density at radius 1 is 1.16 bits per heavy atom. The molecule has 3 atom stereocenters. The van der Waals surface area contributed by atoms with Gasteiger partial charge in [-0.3, -0.25) is 0 Å². The normalized spacial score (nSPS) is 23.9. The Morgan fingerprint density at radius 2 is 1.76 bits per heavy atom. The summed E-state index contributed by atoms with van der Waals surface area (Å²) in [6, 6.07) is 8.01. The van der Waals surface area contributed by atoms with Gasteiger partial charge in [0.1, 0.15) is 0 Å². The summed E-state index contributed by atoms with van der Waals surface area (Å²) in [5, 5.41) is 5.52. The molecular weight excluding hydrogens is 336 g/mol. The molecule has 0 spiro atoms. The van der Waals surface area contributed by atoms with Crippen molar-refractivity contribution in [2.24, 2.45) is 5.92 Å². The van der Waals surface area contributed by atoms with Crippen molar-refractivity contribution in [2.75, 3.05) is 12.3 Å². The van der Waals surface area contributed by atoms with Crippen molar-refractivity contribution in [2.45, 2.75) is 57.7 Å². The molecule has 2 amide bonds. The topological polar surface area (TPSA) is 75.3 Å². The highest BCUT2D eigenvalue weighted by Gasteiger charge is 2.30. The van der Waals surface area contributed by atoms with E-state index < -0.39 is 9.84 Å². The fraction of sp³-hybridized carbons (Fsp3) is 0.632. The average molecular weight is 367 g/mol. The molecule has 140 valence electrons. The van der Waals surface area contributed by atoms with Gasteiger partial charge < -0.3 is 10.6 Å². The summed E-state index contributed by atoms with van der Waals surface area (Å²) in [6.45, 7) is 8.54. The minimum Gasteiger partial charge on any atom is -0.338 e. The van der Waals surface area contributed by atoms with E-state index in [1.807, 2.05) is 19.1 Å². The Bertz CT molecular complexity index is 683. The highest BCUT2D eigenvalue weighted by Crippen LogP contribution is 2.24. The smallest absolute Gasteiger partial charge is 0.315 e. The maximum absolute atomic E-state index is 12.1. The van der Waals surface area contributed by atoms with Crippen molar-refractivity contribution < 1.29 is 13.2 Å². The summed E-state index contributed by atoms with van der Waals surface area (Å²) >= 11 is 0. The third-order valence-corrected chi connectivity index (χ3v) is 7.31. The number of rotatable bonds is 5. The minimum atomic E-state index is -2.93. The van der Waals surface area contributed by atoms with E-state index in [9.17, 15) is 13.2 Å². The summed E-state index contributed by atoms with van der Waals surface area (Å²) in [5.41, 5.74) is 2.35. The van der Waals surface area contributed by atoms with E-state index in [2.05, 4.69) is 36.6 Å². The lowest BCUT2D eigenvalue weighted by molar-refractivity contribution is 0.235. The summed E-state index contributed by atoms with van der Waals surface area (Å²) in [5.74, 6) is 0.938. The van der Waals surface area contributed by atoms with E-state index in [0.29, 0.717) is 25.3 Å². The van der Waals surface area contributed by atoms with Gasteiger partial charge in [0.25, 0.3) is 0 Å². The molecule has 2 N–H and O–H groups in total. The Morgan fingerprint density at radius 3 is 2.32 bits per heavy atom. The maximum atomic E-state index is 12.1. The van der Waals surface area contributed by atoms with Crippen molar-refractivity contribution in [1.29, 1.82) is 0 Å². The van der Waals surface area contributed by atoms with Crippen LogP contribution >= 0.6 is 0 Å². The van der Waals surface area contributed by atoms with Crippen LogP contribution in [0.15, 0.2) is 24.3 Å². The molecule has 0 radical (unpaired) electrons. The molecule has 1 unspecified atom stereocenters. The molecule has 1 saturated heterocycles. The molecule has 0 aromatic heterocycles. The number of nitrogens with one attached hydrogen (secondary N) is 2. The number of carbonyl (C=O) groups excluding carboxylic acids is 1. The van der Waals surface area contributed by atoms with Crippen LogP contribution in [0.1, 0.15) is 63.6 Å². The fourth-order valence-electron chi connectivity index (χ4n) is 3.19. The molecule has 1 aromatic rings. The van der Waals surface area contributed by atoms with Crippen molar-refractivity contribution in [3.8, 4) is 0 Å². The Balaban J connectivity index is 1.80. The molecule has 1 aromatic carbocycles. The molecule has 1 heterocycles. The Labute approximate surface area is 151 Å². The Kier molecular flexibility index (Phi) is 6.49. The van der Waals surface area contributed by atoms with E-state index in [4.69, 9.17) is 0 Å². The van der Waals surface area contributed by atoms with Crippen LogP contribution in [0, 0.1) is 5.92 Å². The zero-order chi connectivity index (χ0) is 18.6. The van der Waals surface area contributed by atoms with Crippen molar-refractivity contribution >= 4 is 15.9 Å². The van der Waals surface area contributed by atoms with E-state index >= 15 is 0 Å². The van der Waals surface area contributed by atoms with Gasteiger partial charge in [-0.2, -0.15) is 0 Å². The first-order chi connectivity index (χ1) is 11.7. The van der Waals surface area contributed by atoms with Crippen LogP contribution in [-0.2, 0) is 9.84 Å². The van der Waals surface area contributed by atoms with Crippen molar-refractivity contribution in [3.05, 3.63) is 35.4 Å². The van der Waals surface area contributed by atoms with E-state index in [1.165, 1.54) is 5.56 Å². The zero-order valence-electron chi connectivity index (χ0n) is 15.6. The molecule has 2 rings (SSSR count).